The van der Waals surface area contributed by atoms with Gasteiger partial charge in [0.05, 0.1) is 5.52 Å². The first-order valence-corrected chi connectivity index (χ1v) is 11.2. The average molecular weight is 446 g/mol. The molecule has 0 bridgehead atoms. The molecule has 0 aliphatic rings. The van der Waals surface area contributed by atoms with Crippen LogP contribution in [0.3, 0.4) is 0 Å². The van der Waals surface area contributed by atoms with Crippen LogP contribution in [0.25, 0.3) is 27.9 Å². The van der Waals surface area contributed by atoms with Gasteiger partial charge in [-0.15, -0.1) is 0 Å². The van der Waals surface area contributed by atoms with Gasteiger partial charge in [-0.1, -0.05) is 12.1 Å². The number of nitrogens with zero attached hydrogens (tertiary/aromatic N) is 5. The summed E-state index contributed by atoms with van der Waals surface area (Å²) >= 11 is 0. The first kappa shape index (κ1) is 20.1. The van der Waals surface area contributed by atoms with Crippen molar-refractivity contribution < 1.29 is 0 Å². The van der Waals surface area contributed by atoms with E-state index in [0.717, 1.165) is 39.2 Å². The zero-order valence-electron chi connectivity index (χ0n) is 18.7. The fourth-order valence-electron chi connectivity index (χ4n) is 4.39. The first-order valence-electron chi connectivity index (χ1n) is 11.2. The average Bonchev–Trinajstić information content (AvgIpc) is 3.56. The predicted molar refractivity (Wildman–Crippen MR) is 134 cm³/mol. The molecule has 0 fully saturated rings. The standard InChI is InChI=1S/C27H23N7/c1-18-15-25-30-13-14-34(25)17-22(18)27-32-24-6-3-2-5-20(24)26(33-27)31-16-21(23-7-4-10-29-23)19-8-11-28-12-9-19/h2-15,17,21,29H,16H2,1H3,(H,31,32,33). The maximum atomic E-state index is 4.99. The number of aryl methyl sites for hydroxylation is 1. The molecule has 34 heavy (non-hydrogen) atoms. The topological polar surface area (TPSA) is 83.8 Å². The van der Waals surface area contributed by atoms with Crippen molar-refractivity contribution in [1.29, 1.82) is 0 Å². The molecule has 2 N–H and O–H groups in total. The zero-order chi connectivity index (χ0) is 22.9. The lowest BCUT2D eigenvalue weighted by molar-refractivity contribution is 0.819. The molecule has 7 heteroatoms. The Morgan fingerprint density at radius 1 is 1.00 bits per heavy atom. The minimum Gasteiger partial charge on any atom is -0.368 e. The van der Waals surface area contributed by atoms with Crippen LogP contribution in [0.2, 0.25) is 0 Å². The van der Waals surface area contributed by atoms with Crippen molar-refractivity contribution in [2.45, 2.75) is 12.8 Å². The van der Waals surface area contributed by atoms with E-state index in [0.29, 0.717) is 12.4 Å². The number of imidazole rings is 1. The van der Waals surface area contributed by atoms with Crippen LogP contribution in [0.4, 0.5) is 5.82 Å². The van der Waals surface area contributed by atoms with Crippen LogP contribution < -0.4 is 5.32 Å². The second kappa shape index (κ2) is 8.44. The molecule has 6 rings (SSSR count). The van der Waals surface area contributed by atoms with Crippen LogP contribution in [0.15, 0.2) is 91.8 Å². The molecule has 5 heterocycles. The summed E-state index contributed by atoms with van der Waals surface area (Å²) in [5.74, 6) is 1.63. The molecular weight excluding hydrogens is 422 g/mol. The number of fused-ring (bicyclic) bond motifs is 2. The SMILES string of the molecule is Cc1cc2nccn2cc1-c1nc(NCC(c2ccncc2)c2ccc[nH]2)c2ccccc2n1. The molecule has 0 aliphatic carbocycles. The van der Waals surface area contributed by atoms with E-state index >= 15 is 0 Å². The van der Waals surface area contributed by atoms with E-state index in [4.69, 9.17) is 9.97 Å². The predicted octanol–water partition coefficient (Wildman–Crippen LogP) is 5.22. The molecule has 0 saturated carbocycles. The zero-order valence-corrected chi connectivity index (χ0v) is 18.7. The second-order valence-corrected chi connectivity index (χ2v) is 8.32. The van der Waals surface area contributed by atoms with Crippen LogP contribution in [0, 0.1) is 6.92 Å². The number of hydrogen-bond acceptors (Lipinski definition) is 5. The highest BCUT2D eigenvalue weighted by Crippen LogP contribution is 2.29. The molecule has 0 aliphatic heterocycles. The summed E-state index contributed by atoms with van der Waals surface area (Å²) in [6.07, 6.45) is 11.4. The molecular formula is C27H23N7. The minimum absolute atomic E-state index is 0.124. The van der Waals surface area contributed by atoms with E-state index in [1.807, 2.05) is 59.7 Å². The third-order valence-electron chi connectivity index (χ3n) is 6.16. The quantitative estimate of drug-likeness (QED) is 0.367. The summed E-state index contributed by atoms with van der Waals surface area (Å²) in [6, 6.07) is 18.4. The van der Waals surface area contributed by atoms with Gasteiger partial charge >= 0.3 is 0 Å². The second-order valence-electron chi connectivity index (χ2n) is 8.32. The number of hydrogen-bond donors (Lipinski definition) is 2. The van der Waals surface area contributed by atoms with E-state index in [2.05, 4.69) is 57.5 Å². The third-order valence-corrected chi connectivity index (χ3v) is 6.16. The normalized spacial score (nSPS) is 12.3. The lowest BCUT2D eigenvalue weighted by atomic mass is 9.96. The molecule has 0 amide bonds. The monoisotopic (exact) mass is 445 g/mol. The van der Waals surface area contributed by atoms with Crippen LogP contribution in [0.1, 0.15) is 22.7 Å². The van der Waals surface area contributed by atoms with Gasteiger partial charge in [-0.3, -0.25) is 4.98 Å². The van der Waals surface area contributed by atoms with E-state index in [-0.39, 0.29) is 5.92 Å². The summed E-state index contributed by atoms with van der Waals surface area (Å²) in [5, 5.41) is 4.62. The number of pyridine rings is 2. The Labute approximate surface area is 196 Å². The molecule has 6 aromatic rings. The van der Waals surface area contributed by atoms with Crippen molar-refractivity contribution in [2.75, 3.05) is 11.9 Å². The van der Waals surface area contributed by atoms with Gasteiger partial charge in [-0.2, -0.15) is 0 Å². The van der Waals surface area contributed by atoms with Crippen LogP contribution in [0.5, 0.6) is 0 Å². The Bertz CT molecular complexity index is 1570. The van der Waals surface area contributed by atoms with Crippen LogP contribution >= 0.6 is 0 Å². The molecule has 0 spiro atoms. The Morgan fingerprint density at radius 2 is 1.88 bits per heavy atom. The van der Waals surface area contributed by atoms with Gasteiger partial charge in [0.2, 0.25) is 0 Å². The lowest BCUT2D eigenvalue weighted by Crippen LogP contribution is -2.16. The molecule has 1 unspecified atom stereocenters. The fourth-order valence-corrected chi connectivity index (χ4v) is 4.39. The fraction of sp³-hybridized carbons (Fsp3) is 0.111. The number of benzene rings is 1. The number of H-pyrrole nitrogens is 1. The molecule has 0 saturated heterocycles. The van der Waals surface area contributed by atoms with Crippen molar-refractivity contribution in [3.63, 3.8) is 0 Å². The van der Waals surface area contributed by atoms with E-state index in [1.165, 1.54) is 5.56 Å². The van der Waals surface area contributed by atoms with Gasteiger partial charge in [0, 0.05) is 66.3 Å². The number of aromatic amines is 1. The summed E-state index contributed by atoms with van der Waals surface area (Å²) in [5.41, 5.74) is 6.20. The Hall–Kier alpha value is -4.52. The highest BCUT2D eigenvalue weighted by atomic mass is 15.0. The third kappa shape index (κ3) is 3.67. The molecule has 166 valence electrons. The molecule has 5 aromatic heterocycles. The number of aromatic nitrogens is 6. The number of nitrogens with one attached hydrogen (secondary N) is 2. The summed E-state index contributed by atoms with van der Waals surface area (Å²) in [6.45, 7) is 2.74. The van der Waals surface area contributed by atoms with Gasteiger partial charge in [0.25, 0.3) is 0 Å². The number of rotatable bonds is 6. The summed E-state index contributed by atoms with van der Waals surface area (Å²) in [7, 11) is 0. The van der Waals surface area contributed by atoms with Crippen LogP contribution in [-0.2, 0) is 0 Å². The Balaban J connectivity index is 1.42. The summed E-state index contributed by atoms with van der Waals surface area (Å²) < 4.78 is 2.00. The molecule has 7 nitrogen and oxygen atoms in total. The summed E-state index contributed by atoms with van der Waals surface area (Å²) in [4.78, 5) is 21.8. The maximum absolute atomic E-state index is 4.99. The van der Waals surface area contributed by atoms with Crippen molar-refractivity contribution >= 4 is 22.4 Å². The van der Waals surface area contributed by atoms with Gasteiger partial charge < -0.3 is 14.7 Å². The van der Waals surface area contributed by atoms with Gasteiger partial charge in [0.1, 0.15) is 11.5 Å². The van der Waals surface area contributed by atoms with Crippen molar-refractivity contribution in [1.82, 2.24) is 29.3 Å². The van der Waals surface area contributed by atoms with E-state index in [9.17, 15) is 0 Å². The lowest BCUT2D eigenvalue weighted by Gasteiger charge is -2.19. The molecule has 1 atom stereocenters. The molecule has 1 aromatic carbocycles. The Morgan fingerprint density at radius 3 is 2.74 bits per heavy atom. The van der Waals surface area contributed by atoms with Gasteiger partial charge in [-0.25, -0.2) is 15.0 Å². The largest absolute Gasteiger partial charge is 0.368 e. The van der Waals surface area contributed by atoms with E-state index < -0.39 is 0 Å². The highest BCUT2D eigenvalue weighted by Gasteiger charge is 2.17. The molecule has 0 radical (unpaired) electrons. The van der Waals surface area contributed by atoms with Crippen molar-refractivity contribution in [2.24, 2.45) is 0 Å². The minimum atomic E-state index is 0.124. The number of anilines is 1. The van der Waals surface area contributed by atoms with E-state index in [1.54, 1.807) is 6.20 Å². The van der Waals surface area contributed by atoms with Crippen LogP contribution in [-0.4, -0.2) is 35.9 Å². The smallest absolute Gasteiger partial charge is 0.163 e. The first-order chi connectivity index (χ1) is 16.8. The van der Waals surface area contributed by atoms with Gasteiger partial charge in [0.15, 0.2) is 5.82 Å². The Kier molecular flexibility index (Phi) is 4.99. The van der Waals surface area contributed by atoms with Gasteiger partial charge in [-0.05, 0) is 60.5 Å². The highest BCUT2D eigenvalue weighted by molar-refractivity contribution is 5.90. The maximum Gasteiger partial charge on any atom is 0.163 e. The van der Waals surface area contributed by atoms with Crippen molar-refractivity contribution in [3.8, 4) is 11.4 Å². The van der Waals surface area contributed by atoms with Crippen molar-refractivity contribution in [3.05, 3.63) is 109 Å². The number of para-hydroxylation sites is 1.